The van der Waals surface area contributed by atoms with Crippen LogP contribution in [0.3, 0.4) is 0 Å². The van der Waals surface area contributed by atoms with E-state index in [4.69, 9.17) is 4.74 Å². The van der Waals surface area contributed by atoms with E-state index in [-0.39, 0.29) is 18.5 Å². The van der Waals surface area contributed by atoms with Crippen LogP contribution in [-0.2, 0) is 4.79 Å². The summed E-state index contributed by atoms with van der Waals surface area (Å²) in [6.07, 6.45) is 4.39. The van der Waals surface area contributed by atoms with Crippen molar-refractivity contribution in [3.05, 3.63) is 60.4 Å². The summed E-state index contributed by atoms with van der Waals surface area (Å²) in [5.74, 6) is 1.02. The summed E-state index contributed by atoms with van der Waals surface area (Å²) in [5.41, 5.74) is 1.57. The number of nitrogens with one attached hydrogen (secondary N) is 2. The molecule has 3 aromatic rings. The molecule has 1 unspecified atom stereocenters. The van der Waals surface area contributed by atoms with Crippen LogP contribution in [-0.4, -0.2) is 65.2 Å². The maximum Gasteiger partial charge on any atom is 0.239 e. The number of hydrogen-bond donors (Lipinski definition) is 3. The molecule has 1 aliphatic heterocycles. The second-order valence-electron chi connectivity index (χ2n) is 7.98. The SMILES string of the molecule is COc1cnc2cccc(C(O)CN(CC(=O)Nc3ccccn3)C3CCNCC3)c2c1. The van der Waals surface area contributed by atoms with Crippen molar-refractivity contribution in [3.8, 4) is 5.75 Å². The topological polar surface area (TPSA) is 99.6 Å². The predicted molar refractivity (Wildman–Crippen MR) is 124 cm³/mol. The third kappa shape index (κ3) is 5.40. The van der Waals surface area contributed by atoms with Gasteiger partial charge in [-0.15, -0.1) is 0 Å². The molecule has 2 aromatic heterocycles. The van der Waals surface area contributed by atoms with Crippen LogP contribution < -0.4 is 15.4 Å². The fourth-order valence-electron chi connectivity index (χ4n) is 4.19. The third-order valence-electron chi connectivity index (χ3n) is 5.84. The molecule has 1 fully saturated rings. The number of methoxy groups -OCH3 is 1. The Bertz CT molecular complexity index is 1040. The van der Waals surface area contributed by atoms with Crippen molar-refractivity contribution in [2.45, 2.75) is 25.0 Å². The Kier molecular flexibility index (Phi) is 7.26. The van der Waals surface area contributed by atoms with Crippen molar-refractivity contribution in [2.24, 2.45) is 0 Å². The first-order valence-corrected chi connectivity index (χ1v) is 10.9. The second kappa shape index (κ2) is 10.5. The lowest BCUT2D eigenvalue weighted by Crippen LogP contribution is -2.47. The Morgan fingerprint density at radius 2 is 2.09 bits per heavy atom. The zero-order chi connectivity index (χ0) is 22.3. The number of amides is 1. The molecule has 4 rings (SSSR count). The molecule has 0 aliphatic carbocycles. The zero-order valence-electron chi connectivity index (χ0n) is 18.2. The van der Waals surface area contributed by atoms with Crippen molar-refractivity contribution in [2.75, 3.05) is 38.6 Å². The molecule has 1 amide bonds. The van der Waals surface area contributed by atoms with Crippen LogP contribution >= 0.6 is 0 Å². The van der Waals surface area contributed by atoms with Crippen LogP contribution in [0.25, 0.3) is 10.9 Å². The summed E-state index contributed by atoms with van der Waals surface area (Å²) in [4.78, 5) is 23.4. The highest BCUT2D eigenvalue weighted by molar-refractivity contribution is 5.91. The van der Waals surface area contributed by atoms with Crippen LogP contribution in [0.15, 0.2) is 54.9 Å². The van der Waals surface area contributed by atoms with Crippen molar-refractivity contribution in [3.63, 3.8) is 0 Å². The smallest absolute Gasteiger partial charge is 0.239 e. The van der Waals surface area contributed by atoms with Gasteiger partial charge in [0.1, 0.15) is 11.6 Å². The quantitative estimate of drug-likeness (QED) is 0.499. The minimum absolute atomic E-state index is 0.143. The predicted octanol–water partition coefficient (Wildman–Crippen LogP) is 2.36. The highest BCUT2D eigenvalue weighted by Gasteiger charge is 2.26. The molecule has 0 bridgehead atoms. The number of benzene rings is 1. The molecule has 0 radical (unpaired) electrons. The van der Waals surface area contributed by atoms with Gasteiger partial charge in [-0.1, -0.05) is 18.2 Å². The Morgan fingerprint density at radius 1 is 1.25 bits per heavy atom. The standard InChI is InChI=1S/C24H29N5O3/c1-32-18-13-20-19(5-4-6-21(20)27-14-18)22(30)15-29(17-8-11-25-12-9-17)16-24(31)28-23-7-2-3-10-26-23/h2-7,10,13-14,17,22,25,30H,8-9,11-12,15-16H2,1H3,(H,26,28,31). The van der Waals surface area contributed by atoms with Crippen molar-refractivity contribution >= 4 is 22.6 Å². The summed E-state index contributed by atoms with van der Waals surface area (Å²) in [5, 5.41) is 18.3. The molecular formula is C24H29N5O3. The number of nitrogens with zero attached hydrogens (tertiary/aromatic N) is 3. The molecule has 8 nitrogen and oxygen atoms in total. The molecule has 3 N–H and O–H groups in total. The summed E-state index contributed by atoms with van der Waals surface area (Å²) >= 11 is 0. The lowest BCUT2D eigenvalue weighted by atomic mass is 10.00. The van der Waals surface area contributed by atoms with Gasteiger partial charge >= 0.3 is 0 Å². The molecule has 0 saturated carbocycles. The Morgan fingerprint density at radius 3 is 2.84 bits per heavy atom. The van der Waals surface area contributed by atoms with Gasteiger partial charge in [-0.3, -0.25) is 14.7 Å². The number of ether oxygens (including phenoxy) is 1. The number of anilines is 1. The van der Waals surface area contributed by atoms with Crippen LogP contribution in [0.4, 0.5) is 5.82 Å². The highest BCUT2D eigenvalue weighted by Crippen LogP contribution is 2.28. The number of pyridine rings is 2. The van der Waals surface area contributed by atoms with Crippen LogP contribution in [0.5, 0.6) is 5.75 Å². The van der Waals surface area contributed by atoms with Crippen LogP contribution in [0.2, 0.25) is 0 Å². The Balaban J connectivity index is 1.54. The number of aliphatic hydroxyl groups is 1. The van der Waals surface area contributed by atoms with E-state index in [9.17, 15) is 9.90 Å². The minimum Gasteiger partial charge on any atom is -0.495 e. The Labute approximate surface area is 187 Å². The van der Waals surface area contributed by atoms with Gasteiger partial charge in [0.05, 0.1) is 31.5 Å². The van der Waals surface area contributed by atoms with E-state index in [0.29, 0.717) is 18.1 Å². The van der Waals surface area contributed by atoms with Gasteiger partial charge in [0, 0.05) is 24.2 Å². The zero-order valence-corrected chi connectivity index (χ0v) is 18.2. The molecule has 32 heavy (non-hydrogen) atoms. The molecule has 1 saturated heterocycles. The van der Waals surface area contributed by atoms with E-state index in [0.717, 1.165) is 42.4 Å². The van der Waals surface area contributed by atoms with Crippen LogP contribution in [0.1, 0.15) is 24.5 Å². The molecule has 1 aliphatic rings. The molecule has 3 heterocycles. The molecular weight excluding hydrogens is 406 g/mol. The van der Waals surface area contributed by atoms with Gasteiger partial charge in [0.15, 0.2) is 0 Å². The van der Waals surface area contributed by atoms with E-state index in [1.165, 1.54) is 0 Å². The van der Waals surface area contributed by atoms with E-state index < -0.39 is 6.10 Å². The normalized spacial score (nSPS) is 15.6. The first-order valence-electron chi connectivity index (χ1n) is 10.9. The third-order valence-corrected chi connectivity index (χ3v) is 5.84. The van der Waals surface area contributed by atoms with E-state index in [1.807, 2.05) is 30.3 Å². The van der Waals surface area contributed by atoms with Crippen molar-refractivity contribution in [1.29, 1.82) is 0 Å². The van der Waals surface area contributed by atoms with Gasteiger partial charge < -0.3 is 20.5 Å². The molecule has 8 heteroatoms. The number of carbonyl (C=O) groups excluding carboxylic acids is 1. The van der Waals surface area contributed by atoms with Gasteiger partial charge in [-0.25, -0.2) is 4.98 Å². The minimum atomic E-state index is -0.773. The number of aliphatic hydroxyl groups excluding tert-OH is 1. The monoisotopic (exact) mass is 435 g/mol. The number of hydrogen-bond acceptors (Lipinski definition) is 7. The molecule has 1 atom stereocenters. The lowest BCUT2D eigenvalue weighted by Gasteiger charge is -2.35. The van der Waals surface area contributed by atoms with E-state index in [1.54, 1.807) is 31.6 Å². The molecule has 168 valence electrons. The van der Waals surface area contributed by atoms with Gasteiger partial charge in [-0.2, -0.15) is 0 Å². The Hall–Kier alpha value is -3.07. The first kappa shape index (κ1) is 22.1. The van der Waals surface area contributed by atoms with Gasteiger partial charge in [0.25, 0.3) is 0 Å². The molecule has 0 spiro atoms. The van der Waals surface area contributed by atoms with Gasteiger partial charge in [0.2, 0.25) is 5.91 Å². The summed E-state index contributed by atoms with van der Waals surface area (Å²) in [6.45, 7) is 2.32. The largest absolute Gasteiger partial charge is 0.495 e. The average molecular weight is 436 g/mol. The summed E-state index contributed by atoms with van der Waals surface area (Å²) in [6, 6.07) is 13.2. The summed E-state index contributed by atoms with van der Waals surface area (Å²) in [7, 11) is 1.60. The van der Waals surface area contributed by atoms with Crippen molar-refractivity contribution in [1.82, 2.24) is 20.2 Å². The highest BCUT2D eigenvalue weighted by atomic mass is 16.5. The average Bonchev–Trinajstić information content (AvgIpc) is 2.84. The van der Waals surface area contributed by atoms with E-state index >= 15 is 0 Å². The van der Waals surface area contributed by atoms with E-state index in [2.05, 4.69) is 25.5 Å². The fourth-order valence-corrected chi connectivity index (χ4v) is 4.19. The summed E-state index contributed by atoms with van der Waals surface area (Å²) < 4.78 is 5.32. The number of rotatable bonds is 8. The number of carbonyl (C=O) groups is 1. The van der Waals surface area contributed by atoms with Crippen molar-refractivity contribution < 1.29 is 14.6 Å². The number of fused-ring (bicyclic) bond motifs is 1. The maximum absolute atomic E-state index is 12.8. The number of piperidine rings is 1. The van der Waals surface area contributed by atoms with Crippen LogP contribution in [0, 0.1) is 0 Å². The maximum atomic E-state index is 12.8. The van der Waals surface area contributed by atoms with Gasteiger partial charge in [-0.05, 0) is 55.8 Å². The number of aromatic nitrogens is 2. The lowest BCUT2D eigenvalue weighted by molar-refractivity contribution is -0.118. The second-order valence-corrected chi connectivity index (χ2v) is 7.98. The molecule has 1 aromatic carbocycles. The fraction of sp³-hybridized carbons (Fsp3) is 0.375. The first-order chi connectivity index (χ1) is 15.6.